The van der Waals surface area contributed by atoms with Crippen LogP contribution in [0.25, 0.3) is 57.0 Å². The summed E-state index contributed by atoms with van der Waals surface area (Å²) >= 11 is 0. The molecule has 0 saturated carbocycles. The molecule has 0 aliphatic carbocycles. The van der Waals surface area contributed by atoms with E-state index in [2.05, 4.69) is 181 Å². The maximum absolute atomic E-state index is 2.30. The molecular weight excluding hydrogens is 536 g/mol. The Labute approximate surface area is 261 Å². The van der Waals surface area contributed by atoms with Crippen LogP contribution in [0, 0.1) is 0 Å². The Morgan fingerprint density at radius 2 is 0.795 bits per heavy atom. The van der Waals surface area contributed by atoms with Gasteiger partial charge in [0.1, 0.15) is 14.1 Å². The summed E-state index contributed by atoms with van der Waals surface area (Å²) in [5, 5.41) is 4.95. The molecule has 0 amide bonds. The van der Waals surface area contributed by atoms with Crippen LogP contribution in [0.4, 0.5) is 11.4 Å². The first-order valence-corrected chi connectivity index (χ1v) is 15.0. The molecule has 4 heteroatoms. The molecule has 0 aliphatic rings. The van der Waals surface area contributed by atoms with Crippen molar-refractivity contribution in [2.24, 2.45) is 14.1 Å². The van der Waals surface area contributed by atoms with E-state index in [1.54, 1.807) is 0 Å². The second kappa shape index (κ2) is 12.2. The minimum atomic E-state index is 1.18. The van der Waals surface area contributed by atoms with Gasteiger partial charge in [-0.05, 0) is 68.1 Å². The van der Waals surface area contributed by atoms with Crippen molar-refractivity contribution < 1.29 is 9.13 Å². The van der Waals surface area contributed by atoms with Gasteiger partial charge in [-0.1, -0.05) is 60.7 Å². The lowest BCUT2D eigenvalue weighted by atomic mass is 9.89. The third-order valence-corrected chi connectivity index (χ3v) is 8.20. The number of hydrogen-bond donors (Lipinski definition) is 0. The second-order valence-corrected chi connectivity index (χ2v) is 11.9. The van der Waals surface area contributed by atoms with Gasteiger partial charge in [0, 0.05) is 75.0 Å². The summed E-state index contributed by atoms with van der Waals surface area (Å²) in [5.41, 5.74) is 9.66. The smallest absolute Gasteiger partial charge is 0.169 e. The highest BCUT2D eigenvalue weighted by Gasteiger charge is 2.19. The average Bonchev–Trinajstić information content (AvgIpc) is 3.02. The zero-order valence-corrected chi connectivity index (χ0v) is 26.5. The van der Waals surface area contributed by atoms with E-state index in [1.165, 1.54) is 66.3 Å². The summed E-state index contributed by atoms with van der Waals surface area (Å²) < 4.78 is 4.10. The number of aromatic nitrogens is 2. The lowest BCUT2D eigenvalue weighted by Gasteiger charge is -2.25. The summed E-state index contributed by atoms with van der Waals surface area (Å²) in [5.74, 6) is 0. The first kappa shape index (κ1) is 28.9. The van der Waals surface area contributed by atoms with Crippen LogP contribution in [0.15, 0.2) is 110 Å². The van der Waals surface area contributed by atoms with Gasteiger partial charge in [0.05, 0.1) is 0 Å². The monoisotopic (exact) mass is 576 g/mol. The van der Waals surface area contributed by atoms with E-state index in [0.717, 1.165) is 0 Å². The normalized spacial score (nSPS) is 11.7. The van der Waals surface area contributed by atoms with Crippen molar-refractivity contribution in [3.63, 3.8) is 0 Å². The molecule has 4 aromatic carbocycles. The van der Waals surface area contributed by atoms with Gasteiger partial charge in [-0.3, -0.25) is 0 Å². The number of aryl methyl sites for hydroxylation is 2. The molecule has 0 saturated heterocycles. The largest absolute Gasteiger partial charge is 0.377 e. The van der Waals surface area contributed by atoms with E-state index in [0.29, 0.717) is 0 Å². The topological polar surface area (TPSA) is 14.2 Å². The summed E-state index contributed by atoms with van der Waals surface area (Å²) in [6.07, 6.45) is 17.0. The molecule has 0 spiro atoms. The van der Waals surface area contributed by atoms with Crippen LogP contribution in [0.2, 0.25) is 0 Å². The Bertz CT molecular complexity index is 1870. The molecule has 218 valence electrons. The Hall–Kier alpha value is -5.22. The second-order valence-electron chi connectivity index (χ2n) is 11.9. The number of anilines is 2. The van der Waals surface area contributed by atoms with E-state index in [1.807, 2.05) is 14.1 Å². The van der Waals surface area contributed by atoms with Crippen LogP contribution in [-0.4, -0.2) is 28.2 Å². The van der Waals surface area contributed by atoms with Crippen molar-refractivity contribution in [3.8, 4) is 11.1 Å². The van der Waals surface area contributed by atoms with Gasteiger partial charge in [0.25, 0.3) is 0 Å². The predicted octanol–water partition coefficient (Wildman–Crippen LogP) is 7.78. The molecule has 44 heavy (non-hydrogen) atoms. The zero-order chi connectivity index (χ0) is 30.8. The van der Waals surface area contributed by atoms with E-state index >= 15 is 0 Å². The molecule has 6 aromatic rings. The number of nitrogens with zero attached hydrogens (tertiary/aromatic N) is 4. The number of fused-ring (bicyclic) bond motifs is 2. The molecule has 0 aliphatic heterocycles. The molecule has 0 radical (unpaired) electrons. The summed E-state index contributed by atoms with van der Waals surface area (Å²) in [6.45, 7) is 0. The van der Waals surface area contributed by atoms with E-state index in [-0.39, 0.29) is 0 Å². The molecule has 2 heterocycles. The summed E-state index contributed by atoms with van der Waals surface area (Å²) in [6, 6.07) is 31.2. The molecule has 0 fully saturated rings. The Morgan fingerprint density at radius 3 is 1.16 bits per heavy atom. The third-order valence-electron chi connectivity index (χ3n) is 8.20. The highest BCUT2D eigenvalue weighted by Crippen LogP contribution is 2.45. The van der Waals surface area contributed by atoms with Crippen molar-refractivity contribution in [2.75, 3.05) is 38.0 Å². The highest BCUT2D eigenvalue weighted by molar-refractivity contribution is 6.14. The first-order chi connectivity index (χ1) is 21.3. The maximum atomic E-state index is 2.30. The van der Waals surface area contributed by atoms with Crippen molar-refractivity contribution in [2.45, 2.75) is 0 Å². The van der Waals surface area contributed by atoms with Crippen LogP contribution < -0.4 is 18.9 Å². The lowest BCUT2D eigenvalue weighted by molar-refractivity contribution is -0.671. The molecule has 0 atom stereocenters. The van der Waals surface area contributed by atoms with Crippen LogP contribution >= 0.6 is 0 Å². The molecule has 0 unspecified atom stereocenters. The zero-order valence-electron chi connectivity index (χ0n) is 26.5. The first-order valence-electron chi connectivity index (χ1n) is 15.0. The summed E-state index contributed by atoms with van der Waals surface area (Å²) in [4.78, 5) is 4.46. The predicted molar refractivity (Wildman–Crippen MR) is 189 cm³/mol. The fourth-order valence-corrected chi connectivity index (χ4v) is 5.78. The van der Waals surface area contributed by atoms with Gasteiger partial charge in [-0.2, -0.15) is 0 Å². The van der Waals surface area contributed by atoms with Crippen molar-refractivity contribution in [1.29, 1.82) is 0 Å². The Balaban J connectivity index is 1.49. The van der Waals surface area contributed by atoms with Crippen LogP contribution in [0.5, 0.6) is 0 Å². The average molecular weight is 577 g/mol. The SMILES string of the molecule is CN(C)c1ccc2cc(/C=C\c3cc[n+](C)cc3)ccc2c1-c1c(N(C)C)ccc2cc(/C=C/c3cc[n+](C)cc3)ccc12. The lowest BCUT2D eigenvalue weighted by Crippen LogP contribution is -2.25. The van der Waals surface area contributed by atoms with Gasteiger partial charge >= 0.3 is 0 Å². The Morgan fingerprint density at radius 1 is 0.432 bits per heavy atom. The van der Waals surface area contributed by atoms with E-state index in [4.69, 9.17) is 0 Å². The van der Waals surface area contributed by atoms with Crippen LogP contribution in [0.1, 0.15) is 22.3 Å². The van der Waals surface area contributed by atoms with Gasteiger partial charge in [0.2, 0.25) is 0 Å². The van der Waals surface area contributed by atoms with Gasteiger partial charge in [-0.25, -0.2) is 9.13 Å². The molecular formula is C40H40N4+2. The Kier molecular flexibility index (Phi) is 7.99. The van der Waals surface area contributed by atoms with Gasteiger partial charge in [-0.15, -0.1) is 0 Å². The minimum Gasteiger partial charge on any atom is -0.377 e. The van der Waals surface area contributed by atoms with Gasteiger partial charge in [0.15, 0.2) is 24.8 Å². The highest BCUT2D eigenvalue weighted by atomic mass is 15.1. The van der Waals surface area contributed by atoms with Crippen molar-refractivity contribution in [3.05, 3.63) is 132 Å². The fraction of sp³-hybridized carbons (Fsp3) is 0.150. The fourth-order valence-electron chi connectivity index (χ4n) is 5.78. The molecule has 0 bridgehead atoms. The maximum Gasteiger partial charge on any atom is 0.169 e. The number of benzene rings is 4. The molecule has 0 N–H and O–H groups in total. The molecule has 2 aromatic heterocycles. The van der Waals surface area contributed by atoms with E-state index in [9.17, 15) is 0 Å². The molecule has 6 rings (SSSR count). The number of hydrogen-bond acceptors (Lipinski definition) is 2. The van der Waals surface area contributed by atoms with Gasteiger partial charge < -0.3 is 9.80 Å². The standard InChI is InChI=1S/C40H40N4/c1-41(2)37-17-13-33-27-31(9-7-29-19-23-43(5)24-20-29)11-15-35(33)39(37)40-36-16-12-32(10-8-30-21-25-44(6)26-22-30)28-34(36)14-18-38(40)42(3)4/h7-28H,1-6H3/q+2. The van der Waals surface area contributed by atoms with Crippen molar-refractivity contribution in [1.82, 2.24) is 0 Å². The quantitative estimate of drug-likeness (QED) is 0.180. The minimum absolute atomic E-state index is 1.18. The molecule has 4 nitrogen and oxygen atoms in total. The van der Waals surface area contributed by atoms with E-state index < -0.39 is 0 Å². The van der Waals surface area contributed by atoms with Crippen molar-refractivity contribution >= 4 is 57.2 Å². The van der Waals surface area contributed by atoms with Crippen LogP contribution in [0.3, 0.4) is 0 Å². The van der Waals surface area contributed by atoms with Crippen LogP contribution in [-0.2, 0) is 14.1 Å². The summed E-state index contributed by atoms with van der Waals surface area (Å²) in [7, 11) is 12.6. The number of pyridine rings is 2. The number of rotatable bonds is 7. The third kappa shape index (κ3) is 5.97.